The van der Waals surface area contributed by atoms with Crippen molar-refractivity contribution in [2.75, 3.05) is 13.3 Å². The molecule has 0 radical (unpaired) electrons. The van der Waals surface area contributed by atoms with Crippen molar-refractivity contribution in [3.63, 3.8) is 0 Å². The average molecular weight is 495 g/mol. The van der Waals surface area contributed by atoms with Gasteiger partial charge in [0.15, 0.2) is 5.78 Å². The van der Waals surface area contributed by atoms with Crippen LogP contribution in [-0.4, -0.2) is 48.5 Å². The van der Waals surface area contributed by atoms with E-state index >= 15 is 0 Å². The smallest absolute Gasteiger partial charge is 0.252 e. The number of rotatable bonds is 13. The lowest BCUT2D eigenvalue weighted by Gasteiger charge is -2.10. The molecule has 0 spiro atoms. The Balaban J connectivity index is 1.82. The summed E-state index contributed by atoms with van der Waals surface area (Å²) in [6.45, 7) is 2.99. The van der Waals surface area contributed by atoms with E-state index in [2.05, 4.69) is 21.3 Å². The first-order valence-corrected chi connectivity index (χ1v) is 11.5. The molecule has 190 valence electrons. The van der Waals surface area contributed by atoms with Crippen molar-refractivity contribution in [1.29, 1.82) is 0 Å². The molecule has 0 unspecified atom stereocenters. The van der Waals surface area contributed by atoms with Crippen LogP contribution >= 0.6 is 0 Å². The van der Waals surface area contributed by atoms with E-state index in [1.54, 1.807) is 24.3 Å². The van der Waals surface area contributed by atoms with Crippen molar-refractivity contribution >= 4 is 35.2 Å². The maximum Gasteiger partial charge on any atom is 0.252 e. The van der Waals surface area contributed by atoms with Crippen LogP contribution in [0.4, 0.5) is 0 Å². The molecule has 4 N–H and O–H groups in total. The Bertz CT molecular complexity index is 1130. The fourth-order valence-electron chi connectivity index (χ4n) is 3.11. The number of Topliss-reactive ketones (excluding diaryl/α,β-unsaturated/α-hetero) is 2. The van der Waals surface area contributed by atoms with Gasteiger partial charge in [-0.3, -0.25) is 28.8 Å². The highest BCUT2D eigenvalue weighted by molar-refractivity contribution is 6.01. The molecule has 10 heteroatoms. The van der Waals surface area contributed by atoms with Gasteiger partial charge in [0.05, 0.1) is 19.8 Å². The van der Waals surface area contributed by atoms with Crippen LogP contribution in [0.2, 0.25) is 0 Å². The molecule has 2 aromatic rings. The maximum absolute atomic E-state index is 12.4. The van der Waals surface area contributed by atoms with Gasteiger partial charge < -0.3 is 21.3 Å². The number of ketones is 2. The molecule has 2 rings (SSSR count). The molecule has 0 saturated heterocycles. The number of carbonyl (C=O) groups is 6. The SMILES string of the molecule is CCCCC(=O)c1ccc(C(=O)NCNC(=O)c2cccc(C(=O)NCNC(=O)CC(C)=O)c2)cc1. The molecule has 2 aromatic carbocycles. The molecule has 0 aliphatic heterocycles. The van der Waals surface area contributed by atoms with Crippen LogP contribution in [0, 0.1) is 0 Å². The van der Waals surface area contributed by atoms with Crippen LogP contribution in [-0.2, 0) is 9.59 Å². The third-order valence-corrected chi connectivity index (χ3v) is 5.06. The Labute approximate surface area is 209 Å². The predicted molar refractivity (Wildman–Crippen MR) is 132 cm³/mol. The predicted octanol–water partition coefficient (Wildman–Crippen LogP) is 1.96. The Morgan fingerprint density at radius 3 is 1.69 bits per heavy atom. The van der Waals surface area contributed by atoms with E-state index in [1.165, 1.54) is 31.2 Å². The number of amides is 4. The number of carbonyl (C=O) groups excluding carboxylic acids is 6. The van der Waals surface area contributed by atoms with Gasteiger partial charge in [-0.2, -0.15) is 0 Å². The quantitative estimate of drug-likeness (QED) is 0.190. The van der Waals surface area contributed by atoms with E-state index in [1.807, 2.05) is 6.92 Å². The van der Waals surface area contributed by atoms with E-state index in [-0.39, 0.29) is 42.5 Å². The van der Waals surface area contributed by atoms with Gasteiger partial charge in [0.2, 0.25) is 5.91 Å². The molecule has 0 atom stereocenters. The van der Waals surface area contributed by atoms with Crippen molar-refractivity contribution in [2.24, 2.45) is 0 Å². The fraction of sp³-hybridized carbons (Fsp3) is 0.308. The van der Waals surface area contributed by atoms with Gasteiger partial charge in [-0.1, -0.05) is 31.5 Å². The van der Waals surface area contributed by atoms with E-state index in [0.717, 1.165) is 12.8 Å². The number of benzene rings is 2. The van der Waals surface area contributed by atoms with Crippen LogP contribution in [0.25, 0.3) is 0 Å². The van der Waals surface area contributed by atoms with Crippen LogP contribution in [0.1, 0.15) is 81.0 Å². The van der Waals surface area contributed by atoms with Crippen LogP contribution < -0.4 is 21.3 Å². The summed E-state index contributed by atoms with van der Waals surface area (Å²) in [6, 6.07) is 12.2. The van der Waals surface area contributed by atoms with E-state index in [0.29, 0.717) is 17.5 Å². The first-order valence-electron chi connectivity index (χ1n) is 11.5. The summed E-state index contributed by atoms with van der Waals surface area (Å²) in [6.07, 6.45) is 1.94. The average Bonchev–Trinajstić information content (AvgIpc) is 2.86. The molecular weight excluding hydrogens is 464 g/mol. The lowest BCUT2D eigenvalue weighted by Crippen LogP contribution is -2.38. The highest BCUT2D eigenvalue weighted by Crippen LogP contribution is 2.09. The van der Waals surface area contributed by atoms with Gasteiger partial charge >= 0.3 is 0 Å². The van der Waals surface area contributed by atoms with E-state index in [4.69, 9.17) is 0 Å². The zero-order valence-corrected chi connectivity index (χ0v) is 20.3. The molecule has 0 heterocycles. The summed E-state index contributed by atoms with van der Waals surface area (Å²) in [5, 5.41) is 9.99. The molecule has 36 heavy (non-hydrogen) atoms. The molecule has 0 aromatic heterocycles. The van der Waals surface area contributed by atoms with Gasteiger partial charge in [0.1, 0.15) is 5.78 Å². The van der Waals surface area contributed by atoms with Crippen LogP contribution in [0.3, 0.4) is 0 Å². The van der Waals surface area contributed by atoms with Crippen LogP contribution in [0.5, 0.6) is 0 Å². The van der Waals surface area contributed by atoms with Crippen molar-refractivity contribution in [3.05, 3.63) is 70.8 Å². The summed E-state index contributed by atoms with van der Waals surface area (Å²) < 4.78 is 0. The number of nitrogens with one attached hydrogen (secondary N) is 4. The third kappa shape index (κ3) is 9.13. The summed E-state index contributed by atoms with van der Waals surface area (Å²) in [4.78, 5) is 71.4. The minimum atomic E-state index is -0.516. The molecular formula is C26H30N4O6. The van der Waals surface area contributed by atoms with Crippen molar-refractivity contribution in [3.8, 4) is 0 Å². The number of hydrogen-bond acceptors (Lipinski definition) is 6. The summed E-state index contributed by atoms with van der Waals surface area (Å²) >= 11 is 0. The number of unbranched alkanes of at least 4 members (excludes halogenated alkanes) is 1. The van der Waals surface area contributed by atoms with Crippen molar-refractivity contribution in [2.45, 2.75) is 39.5 Å². The Morgan fingerprint density at radius 1 is 0.667 bits per heavy atom. The Kier molecular flexibility index (Phi) is 11.0. The molecule has 10 nitrogen and oxygen atoms in total. The van der Waals surface area contributed by atoms with Crippen molar-refractivity contribution < 1.29 is 28.8 Å². The molecule has 0 aliphatic rings. The molecule has 0 aliphatic carbocycles. The fourth-order valence-corrected chi connectivity index (χ4v) is 3.11. The largest absolute Gasteiger partial charge is 0.338 e. The molecule has 0 bridgehead atoms. The van der Waals surface area contributed by atoms with Gasteiger partial charge in [-0.05, 0) is 43.7 Å². The topological polar surface area (TPSA) is 151 Å². The standard InChI is InChI=1S/C26H30N4O6/c1-3-4-8-22(32)18-9-11-19(12-10-18)24(34)29-16-30-26(36)21-7-5-6-20(14-21)25(35)28-15-27-23(33)13-17(2)31/h5-7,9-12,14H,3-4,8,13,15-16H2,1-2H3,(H,27,33)(H,28,35)(H,29,34)(H,30,36). The first-order chi connectivity index (χ1) is 17.2. The number of hydrogen-bond donors (Lipinski definition) is 4. The Morgan fingerprint density at radius 2 is 1.17 bits per heavy atom. The summed E-state index contributed by atoms with van der Waals surface area (Å²) in [7, 11) is 0. The summed E-state index contributed by atoms with van der Waals surface area (Å²) in [5.41, 5.74) is 1.30. The second-order valence-electron chi connectivity index (χ2n) is 8.03. The normalized spacial score (nSPS) is 10.2. The van der Waals surface area contributed by atoms with Gasteiger partial charge in [-0.15, -0.1) is 0 Å². The van der Waals surface area contributed by atoms with Gasteiger partial charge in [-0.25, -0.2) is 0 Å². The molecule has 4 amide bonds. The lowest BCUT2D eigenvalue weighted by molar-refractivity contribution is -0.127. The maximum atomic E-state index is 12.4. The zero-order chi connectivity index (χ0) is 26.5. The molecule has 0 saturated carbocycles. The summed E-state index contributed by atoms with van der Waals surface area (Å²) in [5.74, 6) is -2.20. The van der Waals surface area contributed by atoms with E-state index in [9.17, 15) is 28.8 Å². The first kappa shape index (κ1) is 27.9. The van der Waals surface area contributed by atoms with Gasteiger partial charge in [0.25, 0.3) is 17.7 Å². The van der Waals surface area contributed by atoms with Crippen LogP contribution in [0.15, 0.2) is 48.5 Å². The highest BCUT2D eigenvalue weighted by Gasteiger charge is 2.12. The second-order valence-corrected chi connectivity index (χ2v) is 8.03. The zero-order valence-electron chi connectivity index (χ0n) is 20.3. The Hall–Kier alpha value is -4.34. The minimum Gasteiger partial charge on any atom is -0.338 e. The van der Waals surface area contributed by atoms with Gasteiger partial charge in [0, 0.05) is 28.7 Å². The lowest BCUT2D eigenvalue weighted by atomic mass is 10.0. The molecule has 0 fully saturated rings. The minimum absolute atomic E-state index is 0.0321. The van der Waals surface area contributed by atoms with E-state index < -0.39 is 23.6 Å². The monoisotopic (exact) mass is 494 g/mol. The second kappa shape index (κ2) is 14.1. The highest BCUT2D eigenvalue weighted by atomic mass is 16.2. The van der Waals surface area contributed by atoms with Crippen molar-refractivity contribution in [1.82, 2.24) is 21.3 Å². The third-order valence-electron chi connectivity index (χ3n) is 5.06.